The van der Waals surface area contributed by atoms with Gasteiger partial charge < -0.3 is 28.1 Å². The summed E-state index contributed by atoms with van der Waals surface area (Å²) in [4.78, 5) is 35.7. The average Bonchev–Trinajstić information content (AvgIpc) is 2.81. The molecule has 9 nitrogen and oxygen atoms in total. The second-order valence-corrected chi connectivity index (χ2v) is 7.80. The Morgan fingerprint density at radius 1 is 0.853 bits per heavy atom. The van der Waals surface area contributed by atoms with Crippen molar-refractivity contribution in [1.82, 2.24) is 0 Å². The molecule has 0 radical (unpaired) electrons. The van der Waals surface area contributed by atoms with E-state index in [1.165, 1.54) is 35.2 Å². The number of carbonyl (C=O) groups excluding carboxylic acids is 2. The quantitative estimate of drug-likeness (QED) is 0.322. The van der Waals surface area contributed by atoms with Crippen LogP contribution in [0, 0.1) is 5.92 Å². The summed E-state index contributed by atoms with van der Waals surface area (Å²) in [5, 5.41) is 0.668. The van der Waals surface area contributed by atoms with Gasteiger partial charge in [0.15, 0.2) is 0 Å². The van der Waals surface area contributed by atoms with E-state index in [0.717, 1.165) is 5.56 Å². The molecule has 3 rings (SSSR count). The minimum atomic E-state index is -0.407. The van der Waals surface area contributed by atoms with Crippen molar-refractivity contribution in [2.75, 3.05) is 34.5 Å². The minimum Gasteiger partial charge on any atom is -0.496 e. The van der Waals surface area contributed by atoms with E-state index in [1.54, 1.807) is 24.3 Å². The third-order valence-electron chi connectivity index (χ3n) is 5.44. The maximum atomic E-state index is 13.3. The van der Waals surface area contributed by atoms with Crippen molar-refractivity contribution >= 4 is 33.9 Å². The Morgan fingerprint density at radius 2 is 1.50 bits per heavy atom. The van der Waals surface area contributed by atoms with Crippen molar-refractivity contribution in [2.45, 2.75) is 26.7 Å². The summed E-state index contributed by atoms with van der Waals surface area (Å²) in [5.74, 6) is 0.355. The van der Waals surface area contributed by atoms with Crippen molar-refractivity contribution in [3.8, 4) is 17.2 Å². The zero-order valence-corrected chi connectivity index (χ0v) is 19.9. The summed E-state index contributed by atoms with van der Waals surface area (Å²) in [7, 11) is 4.52. The van der Waals surface area contributed by atoms with Gasteiger partial charge in [-0.05, 0) is 30.5 Å². The molecule has 0 saturated carbocycles. The third kappa shape index (κ3) is 5.59. The largest absolute Gasteiger partial charge is 0.496 e. The fraction of sp³-hybridized carbons (Fsp3) is 0.400. The molecule has 0 amide bonds. The van der Waals surface area contributed by atoms with Gasteiger partial charge in [0.2, 0.25) is 5.43 Å². The second-order valence-electron chi connectivity index (χ2n) is 7.80. The van der Waals surface area contributed by atoms with Gasteiger partial charge in [0.05, 0.1) is 39.9 Å². The molecule has 182 valence electrons. The molecule has 0 spiro atoms. The fourth-order valence-corrected chi connectivity index (χ4v) is 3.70. The van der Waals surface area contributed by atoms with Crippen LogP contribution in [0.25, 0.3) is 21.9 Å². The van der Waals surface area contributed by atoms with Gasteiger partial charge in [0.1, 0.15) is 33.8 Å². The Kier molecular flexibility index (Phi) is 7.99. The molecule has 0 saturated heterocycles. The number of benzene rings is 2. The van der Waals surface area contributed by atoms with E-state index in [-0.39, 0.29) is 24.6 Å². The molecule has 0 unspecified atom stereocenters. The Bertz CT molecular complexity index is 1240. The fourth-order valence-electron chi connectivity index (χ4n) is 3.70. The Hall–Kier alpha value is -3.75. The lowest BCUT2D eigenvalue weighted by Crippen LogP contribution is -2.20. The highest BCUT2D eigenvalue weighted by Crippen LogP contribution is 2.33. The second kappa shape index (κ2) is 10.9. The van der Waals surface area contributed by atoms with Crippen LogP contribution >= 0.6 is 0 Å². The van der Waals surface area contributed by atoms with Crippen molar-refractivity contribution in [3.05, 3.63) is 40.1 Å². The normalized spacial score (nSPS) is 11.0. The molecule has 0 aliphatic carbocycles. The number of fused-ring (bicyclic) bond motifs is 2. The highest BCUT2D eigenvalue weighted by Gasteiger charge is 2.19. The standard InChI is InChI=1S/C25H28O9/c1-14(26)32-12-16(13-33-15(2)27)6-7-17-8-21-19(11-20(17)30-4)25(28)24-22(31-5)9-18(29-3)10-23(24)34-21/h8-11,16H,6-7,12-13H2,1-5H3. The summed E-state index contributed by atoms with van der Waals surface area (Å²) in [6.07, 6.45) is 1.05. The van der Waals surface area contributed by atoms with Crippen molar-refractivity contribution in [3.63, 3.8) is 0 Å². The number of carbonyl (C=O) groups is 2. The van der Waals surface area contributed by atoms with Crippen LogP contribution in [-0.2, 0) is 25.5 Å². The summed E-state index contributed by atoms with van der Waals surface area (Å²) in [6, 6.07) is 6.67. The van der Waals surface area contributed by atoms with Crippen LogP contribution in [0.5, 0.6) is 17.2 Å². The van der Waals surface area contributed by atoms with Gasteiger partial charge in [-0.25, -0.2) is 0 Å². The molecule has 0 bridgehead atoms. The van der Waals surface area contributed by atoms with Crippen molar-refractivity contribution < 1.29 is 37.7 Å². The number of hydrogen-bond acceptors (Lipinski definition) is 9. The van der Waals surface area contributed by atoms with E-state index in [9.17, 15) is 14.4 Å². The van der Waals surface area contributed by atoms with Crippen LogP contribution in [0.2, 0.25) is 0 Å². The maximum absolute atomic E-state index is 13.3. The van der Waals surface area contributed by atoms with E-state index < -0.39 is 11.9 Å². The van der Waals surface area contributed by atoms with Crippen molar-refractivity contribution in [1.29, 1.82) is 0 Å². The summed E-state index contributed by atoms with van der Waals surface area (Å²) in [5.41, 5.74) is 1.28. The molecule has 0 fully saturated rings. The van der Waals surface area contributed by atoms with Gasteiger partial charge in [0, 0.05) is 31.9 Å². The number of esters is 2. The number of hydrogen-bond donors (Lipinski definition) is 0. The third-order valence-corrected chi connectivity index (χ3v) is 5.44. The molecule has 1 aromatic heterocycles. The molecule has 0 atom stereocenters. The molecule has 9 heteroatoms. The zero-order chi connectivity index (χ0) is 24.8. The monoisotopic (exact) mass is 472 g/mol. The van der Waals surface area contributed by atoms with Crippen LogP contribution in [0.15, 0.2) is 33.5 Å². The molecule has 1 heterocycles. The van der Waals surface area contributed by atoms with E-state index in [1.807, 2.05) is 0 Å². The van der Waals surface area contributed by atoms with Gasteiger partial charge in [-0.15, -0.1) is 0 Å². The zero-order valence-electron chi connectivity index (χ0n) is 19.9. The van der Waals surface area contributed by atoms with E-state index in [0.29, 0.717) is 52.0 Å². The first-order valence-electron chi connectivity index (χ1n) is 10.7. The van der Waals surface area contributed by atoms with Crippen LogP contribution in [0.1, 0.15) is 25.8 Å². The van der Waals surface area contributed by atoms with Crippen LogP contribution in [0.3, 0.4) is 0 Å². The molecule has 0 aliphatic heterocycles. The highest BCUT2D eigenvalue weighted by atomic mass is 16.5. The lowest BCUT2D eigenvalue weighted by molar-refractivity contribution is -0.146. The lowest BCUT2D eigenvalue weighted by atomic mass is 9.98. The van der Waals surface area contributed by atoms with E-state index in [2.05, 4.69) is 0 Å². The molecule has 34 heavy (non-hydrogen) atoms. The summed E-state index contributed by atoms with van der Waals surface area (Å²) < 4.78 is 32.5. The number of rotatable bonds is 10. The Labute approximate surface area is 196 Å². The predicted molar refractivity (Wildman–Crippen MR) is 125 cm³/mol. The Morgan fingerprint density at radius 3 is 2.06 bits per heavy atom. The highest BCUT2D eigenvalue weighted by molar-refractivity contribution is 5.94. The molecule has 2 aromatic carbocycles. The minimum absolute atomic E-state index is 0.123. The van der Waals surface area contributed by atoms with Crippen LogP contribution in [0.4, 0.5) is 0 Å². The van der Waals surface area contributed by atoms with Gasteiger partial charge in [-0.2, -0.15) is 0 Å². The first-order valence-corrected chi connectivity index (χ1v) is 10.7. The number of ether oxygens (including phenoxy) is 5. The smallest absolute Gasteiger partial charge is 0.302 e. The molecular formula is C25H28O9. The molecule has 3 aromatic rings. The van der Waals surface area contributed by atoms with Gasteiger partial charge in [0.25, 0.3) is 0 Å². The van der Waals surface area contributed by atoms with E-state index >= 15 is 0 Å². The van der Waals surface area contributed by atoms with Gasteiger partial charge >= 0.3 is 11.9 Å². The lowest BCUT2D eigenvalue weighted by Gasteiger charge is -2.17. The summed E-state index contributed by atoms with van der Waals surface area (Å²) >= 11 is 0. The first kappa shape index (κ1) is 24.9. The summed E-state index contributed by atoms with van der Waals surface area (Å²) in [6.45, 7) is 2.90. The number of aryl methyl sites for hydroxylation is 1. The van der Waals surface area contributed by atoms with Crippen LogP contribution in [-0.4, -0.2) is 46.5 Å². The van der Waals surface area contributed by atoms with E-state index in [4.69, 9.17) is 28.1 Å². The SMILES string of the molecule is COc1cc(OC)c2c(=O)c3cc(OC)c(CCC(COC(C)=O)COC(C)=O)cc3oc2c1. The molecule has 0 aliphatic rings. The predicted octanol–water partition coefficient (Wildman–Crippen LogP) is 3.65. The van der Waals surface area contributed by atoms with Crippen molar-refractivity contribution in [2.24, 2.45) is 5.92 Å². The topological polar surface area (TPSA) is 111 Å². The average molecular weight is 472 g/mol. The van der Waals surface area contributed by atoms with Crippen LogP contribution < -0.4 is 19.6 Å². The van der Waals surface area contributed by atoms with Gasteiger partial charge in [-0.1, -0.05) is 0 Å². The van der Waals surface area contributed by atoms with Gasteiger partial charge in [-0.3, -0.25) is 14.4 Å². The molecular weight excluding hydrogens is 444 g/mol. The molecule has 0 N–H and O–H groups in total. The number of methoxy groups -OCH3 is 3. The Balaban J connectivity index is 2.00. The first-order chi connectivity index (χ1) is 16.3. The maximum Gasteiger partial charge on any atom is 0.302 e.